The summed E-state index contributed by atoms with van der Waals surface area (Å²) >= 11 is 0. The Kier molecular flexibility index (Phi) is 4.67. The van der Waals surface area contributed by atoms with E-state index in [-0.39, 0.29) is 17.7 Å². The van der Waals surface area contributed by atoms with Crippen LogP contribution in [0.5, 0.6) is 0 Å². The Morgan fingerprint density at radius 2 is 2.00 bits per heavy atom. The number of carbonyl (C=O) groups excluding carboxylic acids is 2. The van der Waals surface area contributed by atoms with Gasteiger partial charge in [0.15, 0.2) is 0 Å². The number of aliphatic hydroxyl groups is 1. The van der Waals surface area contributed by atoms with Crippen LogP contribution in [0, 0.1) is 0 Å². The molecule has 0 aliphatic carbocycles. The number of nitrogen functional groups attached to an aromatic ring is 1. The lowest BCUT2D eigenvalue weighted by molar-refractivity contribution is 0.0600. The second kappa shape index (κ2) is 6.02. The molecule has 4 N–H and O–H groups in total. The van der Waals surface area contributed by atoms with E-state index in [1.165, 1.54) is 25.3 Å². The summed E-state index contributed by atoms with van der Waals surface area (Å²) in [5.74, 6) is -0.972. The summed E-state index contributed by atoms with van der Waals surface area (Å²) < 4.78 is 4.56. The van der Waals surface area contributed by atoms with Gasteiger partial charge in [0.05, 0.1) is 18.8 Å². The van der Waals surface area contributed by atoms with E-state index in [0.717, 1.165) is 0 Å². The third-order valence-corrected chi connectivity index (χ3v) is 2.20. The molecule has 0 heterocycles. The smallest absolute Gasteiger partial charge is 0.337 e. The zero-order chi connectivity index (χ0) is 13.7. The van der Waals surface area contributed by atoms with E-state index in [1.54, 1.807) is 6.92 Å². The lowest BCUT2D eigenvalue weighted by Crippen LogP contribution is -2.30. The molecule has 1 atom stereocenters. The molecule has 0 aliphatic rings. The van der Waals surface area contributed by atoms with Crippen LogP contribution >= 0.6 is 0 Å². The van der Waals surface area contributed by atoms with Crippen LogP contribution in [0.1, 0.15) is 27.6 Å². The van der Waals surface area contributed by atoms with Gasteiger partial charge < -0.3 is 20.9 Å². The van der Waals surface area contributed by atoms with Crippen molar-refractivity contribution >= 4 is 17.6 Å². The summed E-state index contributed by atoms with van der Waals surface area (Å²) in [7, 11) is 1.25. The van der Waals surface area contributed by atoms with Gasteiger partial charge in [0.1, 0.15) is 0 Å². The Bertz CT molecular complexity index is 457. The monoisotopic (exact) mass is 252 g/mol. The molecule has 1 aromatic rings. The first-order valence-electron chi connectivity index (χ1n) is 5.39. The average Bonchev–Trinajstić information content (AvgIpc) is 2.34. The molecule has 0 spiro atoms. The minimum absolute atomic E-state index is 0.126. The van der Waals surface area contributed by atoms with Crippen molar-refractivity contribution in [1.82, 2.24) is 5.32 Å². The Morgan fingerprint density at radius 3 is 2.56 bits per heavy atom. The molecule has 1 amide bonds. The summed E-state index contributed by atoms with van der Waals surface area (Å²) in [6.45, 7) is 1.68. The molecular formula is C12H16N2O4. The van der Waals surface area contributed by atoms with Crippen molar-refractivity contribution in [2.75, 3.05) is 19.4 Å². The highest BCUT2D eigenvalue weighted by Crippen LogP contribution is 2.13. The predicted molar refractivity (Wildman–Crippen MR) is 66.2 cm³/mol. The number of anilines is 1. The zero-order valence-electron chi connectivity index (χ0n) is 10.3. The fraction of sp³-hybridized carbons (Fsp3) is 0.333. The minimum atomic E-state index is -0.643. The quantitative estimate of drug-likeness (QED) is 0.523. The van der Waals surface area contributed by atoms with Gasteiger partial charge in [-0.2, -0.15) is 0 Å². The number of benzene rings is 1. The largest absolute Gasteiger partial charge is 0.465 e. The summed E-state index contributed by atoms with van der Waals surface area (Å²) in [6.07, 6.45) is -0.643. The van der Waals surface area contributed by atoms with Crippen molar-refractivity contribution in [3.05, 3.63) is 29.3 Å². The molecule has 0 bridgehead atoms. The van der Waals surface area contributed by atoms with Crippen LogP contribution in [0.4, 0.5) is 5.69 Å². The van der Waals surface area contributed by atoms with Gasteiger partial charge in [-0.05, 0) is 25.1 Å². The van der Waals surface area contributed by atoms with Gasteiger partial charge in [-0.1, -0.05) is 0 Å². The molecule has 18 heavy (non-hydrogen) atoms. The lowest BCUT2D eigenvalue weighted by atomic mass is 10.1. The van der Waals surface area contributed by atoms with Crippen molar-refractivity contribution in [2.24, 2.45) is 0 Å². The van der Waals surface area contributed by atoms with E-state index in [1.807, 2.05) is 0 Å². The molecule has 0 saturated heterocycles. The summed E-state index contributed by atoms with van der Waals surface area (Å²) in [6, 6.07) is 4.26. The highest BCUT2D eigenvalue weighted by Gasteiger charge is 2.12. The first-order valence-corrected chi connectivity index (χ1v) is 5.39. The predicted octanol–water partition coefficient (Wildman–Crippen LogP) is 0.166. The Labute approximate surface area is 105 Å². The van der Waals surface area contributed by atoms with Gasteiger partial charge in [0, 0.05) is 17.8 Å². The maximum Gasteiger partial charge on any atom is 0.337 e. The van der Waals surface area contributed by atoms with Crippen LogP contribution in [-0.2, 0) is 4.74 Å². The van der Waals surface area contributed by atoms with E-state index >= 15 is 0 Å². The molecule has 1 aromatic carbocycles. The van der Waals surface area contributed by atoms with Crippen molar-refractivity contribution in [3.63, 3.8) is 0 Å². The number of methoxy groups -OCH3 is 1. The number of hydrogen-bond acceptors (Lipinski definition) is 5. The topological polar surface area (TPSA) is 102 Å². The third-order valence-electron chi connectivity index (χ3n) is 2.20. The van der Waals surface area contributed by atoms with E-state index in [9.17, 15) is 9.59 Å². The fourth-order valence-electron chi connectivity index (χ4n) is 1.36. The number of hydrogen-bond donors (Lipinski definition) is 3. The molecule has 0 saturated carbocycles. The SMILES string of the molecule is COC(=O)c1cc(N)cc(C(=O)NCC(C)O)c1. The number of carbonyl (C=O) groups is 2. The number of esters is 1. The van der Waals surface area contributed by atoms with E-state index < -0.39 is 18.0 Å². The molecule has 0 radical (unpaired) electrons. The normalized spacial score (nSPS) is 11.7. The third kappa shape index (κ3) is 3.74. The van der Waals surface area contributed by atoms with Gasteiger partial charge in [-0.25, -0.2) is 4.79 Å². The van der Waals surface area contributed by atoms with Crippen molar-refractivity contribution in [1.29, 1.82) is 0 Å². The van der Waals surface area contributed by atoms with E-state index in [2.05, 4.69) is 10.1 Å². The molecular weight excluding hydrogens is 236 g/mol. The van der Waals surface area contributed by atoms with Crippen LogP contribution < -0.4 is 11.1 Å². The molecule has 0 aromatic heterocycles. The summed E-state index contributed by atoms with van der Waals surface area (Å²) in [5, 5.41) is 11.6. The van der Waals surface area contributed by atoms with Crippen LogP contribution in [0.15, 0.2) is 18.2 Å². The fourth-order valence-corrected chi connectivity index (χ4v) is 1.36. The average molecular weight is 252 g/mol. The lowest BCUT2D eigenvalue weighted by Gasteiger charge is -2.09. The summed E-state index contributed by atoms with van der Waals surface area (Å²) in [5.41, 5.74) is 6.35. The maximum atomic E-state index is 11.7. The zero-order valence-corrected chi connectivity index (χ0v) is 10.3. The van der Waals surface area contributed by atoms with Gasteiger partial charge in [-0.15, -0.1) is 0 Å². The number of nitrogens with one attached hydrogen (secondary N) is 1. The van der Waals surface area contributed by atoms with Crippen molar-refractivity contribution in [2.45, 2.75) is 13.0 Å². The van der Waals surface area contributed by atoms with E-state index in [4.69, 9.17) is 10.8 Å². The molecule has 6 heteroatoms. The second-order valence-electron chi connectivity index (χ2n) is 3.89. The number of nitrogens with two attached hydrogens (primary N) is 1. The number of ether oxygens (including phenoxy) is 1. The first kappa shape index (κ1) is 14.0. The van der Waals surface area contributed by atoms with Crippen molar-refractivity contribution in [3.8, 4) is 0 Å². The number of aliphatic hydroxyl groups excluding tert-OH is 1. The number of amides is 1. The standard InChI is InChI=1S/C12H16N2O4/c1-7(15)6-14-11(16)8-3-9(12(17)18-2)5-10(13)4-8/h3-5,7,15H,6,13H2,1-2H3,(H,14,16). The Hall–Kier alpha value is -2.08. The highest BCUT2D eigenvalue weighted by atomic mass is 16.5. The minimum Gasteiger partial charge on any atom is -0.465 e. The molecule has 6 nitrogen and oxygen atoms in total. The van der Waals surface area contributed by atoms with Crippen molar-refractivity contribution < 1.29 is 19.4 Å². The maximum absolute atomic E-state index is 11.7. The Morgan fingerprint density at radius 1 is 1.39 bits per heavy atom. The van der Waals surface area contributed by atoms with Gasteiger partial charge in [0.25, 0.3) is 5.91 Å². The van der Waals surface area contributed by atoms with Crippen LogP contribution in [-0.4, -0.2) is 36.7 Å². The molecule has 1 unspecified atom stereocenters. The molecule has 0 aliphatic heterocycles. The van der Waals surface area contributed by atoms with Gasteiger partial charge in [-0.3, -0.25) is 4.79 Å². The highest BCUT2D eigenvalue weighted by molar-refractivity contribution is 5.99. The molecule has 1 rings (SSSR count). The first-order chi connectivity index (χ1) is 8.43. The molecule has 98 valence electrons. The van der Waals surface area contributed by atoms with E-state index in [0.29, 0.717) is 5.69 Å². The second-order valence-corrected chi connectivity index (χ2v) is 3.89. The van der Waals surface area contributed by atoms with Crippen LogP contribution in [0.3, 0.4) is 0 Å². The van der Waals surface area contributed by atoms with Gasteiger partial charge in [0.2, 0.25) is 0 Å². The Balaban J connectivity index is 2.92. The number of rotatable bonds is 4. The molecule has 0 fully saturated rings. The van der Waals surface area contributed by atoms with Crippen LogP contribution in [0.2, 0.25) is 0 Å². The summed E-state index contributed by atoms with van der Waals surface area (Å²) in [4.78, 5) is 23.1. The van der Waals surface area contributed by atoms with Crippen LogP contribution in [0.25, 0.3) is 0 Å². The van der Waals surface area contributed by atoms with Gasteiger partial charge >= 0.3 is 5.97 Å².